The smallest absolute Gasteiger partial charge is 0.225 e. The Hall–Kier alpha value is -1.75. The predicted molar refractivity (Wildman–Crippen MR) is 71.8 cm³/mol. The van der Waals surface area contributed by atoms with Gasteiger partial charge in [-0.2, -0.15) is 0 Å². The summed E-state index contributed by atoms with van der Waals surface area (Å²) in [6, 6.07) is 1.91. The van der Waals surface area contributed by atoms with Crippen LogP contribution in [0.5, 0.6) is 0 Å². The van der Waals surface area contributed by atoms with E-state index in [0.717, 1.165) is 42.8 Å². The molecule has 5 nitrogen and oxygen atoms in total. The molecule has 0 unspecified atom stereocenters. The SMILES string of the molecule is O[C@@H]1C[C@H]2C[C@@H]1CN(c1ncc3cnccc3n1)C2. The van der Waals surface area contributed by atoms with Gasteiger partial charge in [-0.25, -0.2) is 9.97 Å². The summed E-state index contributed by atoms with van der Waals surface area (Å²) in [6.07, 6.45) is 7.30. The van der Waals surface area contributed by atoms with Crippen molar-refractivity contribution in [2.24, 2.45) is 11.8 Å². The van der Waals surface area contributed by atoms with E-state index in [9.17, 15) is 5.11 Å². The lowest BCUT2D eigenvalue weighted by molar-refractivity contribution is 0.137. The van der Waals surface area contributed by atoms with Crippen LogP contribution in [0.1, 0.15) is 12.8 Å². The topological polar surface area (TPSA) is 62.1 Å². The molecule has 1 saturated carbocycles. The lowest BCUT2D eigenvalue weighted by Crippen LogP contribution is -2.38. The monoisotopic (exact) mass is 256 g/mol. The normalized spacial score (nSPS) is 29.9. The lowest BCUT2D eigenvalue weighted by Gasteiger charge is -2.32. The Kier molecular flexibility index (Phi) is 2.41. The number of rotatable bonds is 1. The Morgan fingerprint density at radius 1 is 1.21 bits per heavy atom. The zero-order valence-corrected chi connectivity index (χ0v) is 10.6. The van der Waals surface area contributed by atoms with E-state index in [1.807, 2.05) is 12.3 Å². The van der Waals surface area contributed by atoms with Crippen molar-refractivity contribution >= 4 is 16.9 Å². The zero-order chi connectivity index (χ0) is 12.8. The fourth-order valence-corrected chi connectivity index (χ4v) is 3.41. The molecule has 2 aromatic rings. The number of pyridine rings is 1. The molecule has 2 aromatic heterocycles. The highest BCUT2D eigenvalue weighted by atomic mass is 16.3. The maximum Gasteiger partial charge on any atom is 0.225 e. The van der Waals surface area contributed by atoms with Crippen LogP contribution in [0.3, 0.4) is 0 Å². The second-order valence-corrected chi connectivity index (χ2v) is 5.67. The van der Waals surface area contributed by atoms with E-state index >= 15 is 0 Å². The highest BCUT2D eigenvalue weighted by Gasteiger charge is 2.39. The van der Waals surface area contributed by atoms with Crippen molar-refractivity contribution in [2.45, 2.75) is 18.9 Å². The van der Waals surface area contributed by atoms with Crippen LogP contribution in [0.4, 0.5) is 5.95 Å². The average Bonchev–Trinajstić information content (AvgIpc) is 2.71. The molecular formula is C14H16N4O. The van der Waals surface area contributed by atoms with Crippen LogP contribution in [0.2, 0.25) is 0 Å². The van der Waals surface area contributed by atoms with Gasteiger partial charge in [-0.3, -0.25) is 4.98 Å². The summed E-state index contributed by atoms with van der Waals surface area (Å²) >= 11 is 0. The maximum atomic E-state index is 9.96. The maximum absolute atomic E-state index is 9.96. The van der Waals surface area contributed by atoms with E-state index in [-0.39, 0.29) is 6.10 Å². The number of piperidine rings is 1. The van der Waals surface area contributed by atoms with E-state index in [1.54, 1.807) is 12.4 Å². The van der Waals surface area contributed by atoms with Crippen LogP contribution in [-0.4, -0.2) is 39.3 Å². The summed E-state index contributed by atoms with van der Waals surface area (Å²) in [7, 11) is 0. The van der Waals surface area contributed by atoms with Crippen molar-refractivity contribution in [3.05, 3.63) is 24.7 Å². The molecule has 1 aliphatic carbocycles. The van der Waals surface area contributed by atoms with Gasteiger partial charge in [0.05, 0.1) is 11.6 Å². The van der Waals surface area contributed by atoms with E-state index in [2.05, 4.69) is 19.9 Å². The molecule has 1 aliphatic heterocycles. The van der Waals surface area contributed by atoms with Gasteiger partial charge in [0.15, 0.2) is 0 Å². The Balaban J connectivity index is 1.67. The van der Waals surface area contributed by atoms with Gasteiger partial charge in [-0.1, -0.05) is 0 Å². The zero-order valence-electron chi connectivity index (χ0n) is 10.6. The van der Waals surface area contributed by atoms with Crippen molar-refractivity contribution in [2.75, 3.05) is 18.0 Å². The molecule has 1 saturated heterocycles. The number of hydrogen-bond donors (Lipinski definition) is 1. The summed E-state index contributed by atoms with van der Waals surface area (Å²) < 4.78 is 0. The molecule has 0 radical (unpaired) electrons. The molecule has 0 aromatic carbocycles. The van der Waals surface area contributed by atoms with Crippen LogP contribution in [-0.2, 0) is 0 Å². The lowest BCUT2D eigenvalue weighted by atomic mass is 9.99. The Morgan fingerprint density at radius 3 is 3.05 bits per heavy atom. The molecule has 1 N–H and O–H groups in total. The Morgan fingerprint density at radius 2 is 2.16 bits per heavy atom. The summed E-state index contributed by atoms with van der Waals surface area (Å²) in [5, 5.41) is 10.9. The standard InChI is InChI=1S/C14H16N4O/c19-13-4-9-3-10(13)8-18(7-9)14-16-6-11-5-15-2-1-12(11)17-14/h1-2,5-6,9-10,13,19H,3-4,7-8H2/t9-,10-,13-/m1/s1. The third-order valence-electron chi connectivity index (χ3n) is 4.34. The number of aromatic nitrogens is 3. The van der Waals surface area contributed by atoms with Crippen LogP contribution < -0.4 is 4.90 Å². The fourth-order valence-electron chi connectivity index (χ4n) is 3.41. The van der Waals surface area contributed by atoms with Crippen molar-refractivity contribution in [3.63, 3.8) is 0 Å². The van der Waals surface area contributed by atoms with Crippen LogP contribution in [0.15, 0.2) is 24.7 Å². The summed E-state index contributed by atoms with van der Waals surface area (Å²) in [6.45, 7) is 1.83. The molecule has 2 fully saturated rings. The molecule has 0 spiro atoms. The summed E-state index contributed by atoms with van der Waals surface area (Å²) in [5.41, 5.74) is 0.929. The molecule has 19 heavy (non-hydrogen) atoms. The highest BCUT2D eigenvalue weighted by molar-refractivity contribution is 5.77. The van der Waals surface area contributed by atoms with Crippen molar-refractivity contribution in [1.29, 1.82) is 0 Å². The van der Waals surface area contributed by atoms with Crippen molar-refractivity contribution in [1.82, 2.24) is 15.0 Å². The summed E-state index contributed by atoms with van der Waals surface area (Å²) in [4.78, 5) is 15.3. The van der Waals surface area contributed by atoms with Gasteiger partial charge in [0, 0.05) is 43.0 Å². The number of nitrogens with zero attached hydrogens (tertiary/aromatic N) is 4. The van der Waals surface area contributed by atoms with E-state index in [1.165, 1.54) is 0 Å². The minimum atomic E-state index is -0.139. The van der Waals surface area contributed by atoms with Gasteiger partial charge in [0.1, 0.15) is 0 Å². The van der Waals surface area contributed by atoms with Gasteiger partial charge in [-0.05, 0) is 24.8 Å². The number of anilines is 1. The van der Waals surface area contributed by atoms with Gasteiger partial charge in [0.2, 0.25) is 5.95 Å². The first-order valence-corrected chi connectivity index (χ1v) is 6.79. The van der Waals surface area contributed by atoms with Crippen LogP contribution in [0.25, 0.3) is 10.9 Å². The van der Waals surface area contributed by atoms with E-state index < -0.39 is 0 Å². The van der Waals surface area contributed by atoms with Gasteiger partial charge < -0.3 is 10.0 Å². The first-order chi connectivity index (χ1) is 9.29. The molecule has 0 amide bonds. The largest absolute Gasteiger partial charge is 0.393 e. The fraction of sp³-hybridized carbons (Fsp3) is 0.500. The van der Waals surface area contributed by atoms with E-state index in [4.69, 9.17) is 0 Å². The third-order valence-corrected chi connectivity index (χ3v) is 4.34. The Bertz CT molecular complexity index is 615. The summed E-state index contributed by atoms with van der Waals surface area (Å²) in [5.74, 6) is 1.75. The molecule has 98 valence electrons. The molecular weight excluding hydrogens is 240 g/mol. The number of fused-ring (bicyclic) bond motifs is 3. The molecule has 3 atom stereocenters. The number of hydrogen-bond acceptors (Lipinski definition) is 5. The van der Waals surface area contributed by atoms with Crippen molar-refractivity contribution < 1.29 is 5.11 Å². The van der Waals surface area contributed by atoms with Gasteiger partial charge >= 0.3 is 0 Å². The third kappa shape index (κ3) is 1.85. The molecule has 3 heterocycles. The van der Waals surface area contributed by atoms with E-state index in [0.29, 0.717) is 11.8 Å². The van der Waals surface area contributed by atoms with Crippen LogP contribution >= 0.6 is 0 Å². The van der Waals surface area contributed by atoms with Gasteiger partial charge in [0.25, 0.3) is 0 Å². The van der Waals surface area contributed by atoms with Gasteiger partial charge in [-0.15, -0.1) is 0 Å². The predicted octanol–water partition coefficient (Wildman–Crippen LogP) is 1.23. The first kappa shape index (κ1) is 11.1. The highest BCUT2D eigenvalue weighted by Crippen LogP contribution is 2.37. The molecule has 2 aliphatic rings. The number of aliphatic hydroxyl groups excluding tert-OH is 1. The first-order valence-electron chi connectivity index (χ1n) is 6.79. The number of aliphatic hydroxyl groups is 1. The van der Waals surface area contributed by atoms with Crippen LogP contribution in [0, 0.1) is 11.8 Å². The quantitative estimate of drug-likeness (QED) is 0.831. The minimum Gasteiger partial charge on any atom is -0.393 e. The molecule has 4 rings (SSSR count). The molecule has 5 heteroatoms. The second kappa shape index (κ2) is 4.13. The minimum absolute atomic E-state index is 0.139. The van der Waals surface area contributed by atoms with Crippen molar-refractivity contribution in [3.8, 4) is 0 Å². The Labute approximate surface area is 111 Å². The molecule has 2 bridgehead atoms. The average molecular weight is 256 g/mol. The second-order valence-electron chi connectivity index (χ2n) is 5.67.